The molecule has 122 valence electrons. The van der Waals surface area contributed by atoms with Gasteiger partial charge in [0.05, 0.1) is 10.7 Å². The van der Waals surface area contributed by atoms with Gasteiger partial charge in [-0.2, -0.15) is 0 Å². The molecule has 0 aliphatic heterocycles. The van der Waals surface area contributed by atoms with E-state index in [1.807, 2.05) is 13.0 Å². The van der Waals surface area contributed by atoms with Crippen molar-refractivity contribution in [3.8, 4) is 0 Å². The number of carbonyl (C=O) groups excluding carboxylic acids is 1. The van der Waals surface area contributed by atoms with E-state index in [1.54, 1.807) is 25.3 Å². The van der Waals surface area contributed by atoms with E-state index < -0.39 is 0 Å². The largest absolute Gasteiger partial charge is 0.351 e. The fourth-order valence-electron chi connectivity index (χ4n) is 2.98. The number of rotatable bonds is 4. The van der Waals surface area contributed by atoms with Gasteiger partial charge in [0.15, 0.2) is 0 Å². The molecule has 0 saturated carbocycles. The predicted molar refractivity (Wildman–Crippen MR) is 91.3 cm³/mol. The zero-order valence-electron chi connectivity index (χ0n) is 13.7. The average molecular weight is 331 g/mol. The van der Waals surface area contributed by atoms with Gasteiger partial charge in [0.2, 0.25) is 0 Å². The van der Waals surface area contributed by atoms with Crippen molar-refractivity contribution in [2.75, 3.05) is 6.54 Å². The molecule has 3 rings (SSSR count). The molecule has 1 aliphatic rings. The molecule has 0 fully saturated rings. The van der Waals surface area contributed by atoms with Crippen LogP contribution in [0.1, 0.15) is 43.6 Å². The van der Waals surface area contributed by atoms with Gasteiger partial charge in [0, 0.05) is 30.6 Å². The number of carbonyl (C=O) groups is 1. The Kier molecular flexibility index (Phi) is 4.35. The maximum Gasteiger partial charge on any atom is 0.263 e. The summed E-state index contributed by atoms with van der Waals surface area (Å²) in [5.41, 5.74) is 2.80. The van der Waals surface area contributed by atoms with E-state index in [9.17, 15) is 9.59 Å². The van der Waals surface area contributed by atoms with Crippen LogP contribution < -0.4 is 10.9 Å². The average Bonchev–Trinajstić information content (AvgIpc) is 3.06. The van der Waals surface area contributed by atoms with Crippen LogP contribution in [0.4, 0.5) is 0 Å². The number of nitrogens with zero attached hydrogens (tertiary/aromatic N) is 2. The molecule has 1 amide bonds. The number of aromatic nitrogens is 2. The SMILES string of the molecule is Cc1cc(C)n(C)c(=O)c1C(=O)NCCc1nc2c(s1)CCC2. The van der Waals surface area contributed by atoms with Crippen LogP contribution in [-0.2, 0) is 26.3 Å². The van der Waals surface area contributed by atoms with Crippen LogP contribution in [0, 0.1) is 13.8 Å². The number of amides is 1. The van der Waals surface area contributed by atoms with Crippen molar-refractivity contribution >= 4 is 17.2 Å². The van der Waals surface area contributed by atoms with Crippen LogP contribution in [0.2, 0.25) is 0 Å². The van der Waals surface area contributed by atoms with Gasteiger partial charge in [0.1, 0.15) is 5.56 Å². The number of pyridine rings is 1. The Labute approximate surface area is 139 Å². The lowest BCUT2D eigenvalue weighted by Crippen LogP contribution is -2.35. The van der Waals surface area contributed by atoms with Crippen LogP contribution >= 0.6 is 11.3 Å². The molecule has 0 atom stereocenters. The predicted octanol–water partition coefficient (Wildman–Crippen LogP) is 1.92. The first-order chi connectivity index (χ1) is 11.0. The van der Waals surface area contributed by atoms with Gasteiger partial charge in [-0.15, -0.1) is 11.3 Å². The Balaban J connectivity index is 1.65. The Bertz CT molecular complexity index is 798. The monoisotopic (exact) mass is 331 g/mol. The fourth-order valence-corrected chi connectivity index (χ4v) is 4.13. The molecule has 0 saturated heterocycles. The second-order valence-electron chi connectivity index (χ2n) is 6.04. The Hall–Kier alpha value is -1.95. The molecule has 0 unspecified atom stereocenters. The molecule has 23 heavy (non-hydrogen) atoms. The van der Waals surface area contributed by atoms with E-state index in [2.05, 4.69) is 10.3 Å². The lowest BCUT2D eigenvalue weighted by atomic mass is 10.1. The van der Waals surface area contributed by atoms with E-state index in [-0.39, 0.29) is 17.0 Å². The zero-order valence-corrected chi connectivity index (χ0v) is 14.5. The molecule has 1 N–H and O–H groups in total. The lowest BCUT2D eigenvalue weighted by molar-refractivity contribution is 0.0951. The molecule has 1 aliphatic carbocycles. The lowest BCUT2D eigenvalue weighted by Gasteiger charge is -2.10. The number of hydrogen-bond donors (Lipinski definition) is 1. The van der Waals surface area contributed by atoms with Crippen molar-refractivity contribution < 1.29 is 4.79 Å². The maximum atomic E-state index is 12.3. The minimum absolute atomic E-state index is 0.236. The molecule has 2 heterocycles. The summed E-state index contributed by atoms with van der Waals surface area (Å²) >= 11 is 1.75. The van der Waals surface area contributed by atoms with Gasteiger partial charge >= 0.3 is 0 Å². The normalized spacial score (nSPS) is 13.2. The zero-order chi connectivity index (χ0) is 16.6. The number of fused-ring (bicyclic) bond motifs is 1. The van der Waals surface area contributed by atoms with Crippen LogP contribution in [0.25, 0.3) is 0 Å². The van der Waals surface area contributed by atoms with Crippen LogP contribution in [0.15, 0.2) is 10.9 Å². The number of hydrogen-bond acceptors (Lipinski definition) is 4. The van der Waals surface area contributed by atoms with Crippen molar-refractivity contribution in [2.24, 2.45) is 7.05 Å². The molecule has 0 spiro atoms. The minimum atomic E-state index is -0.299. The van der Waals surface area contributed by atoms with E-state index in [0.717, 1.165) is 29.1 Å². The summed E-state index contributed by atoms with van der Waals surface area (Å²) < 4.78 is 1.51. The van der Waals surface area contributed by atoms with Crippen LogP contribution in [0.3, 0.4) is 0 Å². The summed E-state index contributed by atoms with van der Waals surface area (Å²) in [5.74, 6) is -0.299. The fraction of sp³-hybridized carbons (Fsp3) is 0.471. The highest BCUT2D eigenvalue weighted by atomic mass is 32.1. The molecular weight excluding hydrogens is 310 g/mol. The van der Waals surface area contributed by atoms with E-state index in [1.165, 1.54) is 21.6 Å². The second-order valence-corrected chi connectivity index (χ2v) is 7.21. The van der Waals surface area contributed by atoms with Gasteiger partial charge in [0.25, 0.3) is 11.5 Å². The highest BCUT2D eigenvalue weighted by Crippen LogP contribution is 2.27. The minimum Gasteiger partial charge on any atom is -0.351 e. The standard InChI is InChI=1S/C17H21N3O2S/c1-10-9-11(2)20(3)17(22)15(10)16(21)18-8-7-14-19-12-5-4-6-13(12)23-14/h9H,4-8H2,1-3H3,(H,18,21). The summed E-state index contributed by atoms with van der Waals surface area (Å²) in [6.45, 7) is 4.16. The van der Waals surface area contributed by atoms with Gasteiger partial charge in [-0.05, 0) is 44.7 Å². The van der Waals surface area contributed by atoms with Crippen LogP contribution in [-0.4, -0.2) is 22.0 Å². The van der Waals surface area contributed by atoms with Crippen LogP contribution in [0.5, 0.6) is 0 Å². The van der Waals surface area contributed by atoms with Crippen molar-refractivity contribution in [1.82, 2.24) is 14.9 Å². The van der Waals surface area contributed by atoms with E-state index >= 15 is 0 Å². The van der Waals surface area contributed by atoms with Gasteiger partial charge in [-0.3, -0.25) is 9.59 Å². The van der Waals surface area contributed by atoms with Gasteiger partial charge < -0.3 is 9.88 Å². The van der Waals surface area contributed by atoms with Gasteiger partial charge in [-0.1, -0.05) is 0 Å². The molecule has 2 aromatic heterocycles. The molecule has 0 bridgehead atoms. The first kappa shape index (κ1) is 15.9. The summed E-state index contributed by atoms with van der Waals surface area (Å²) in [5, 5.41) is 3.93. The number of aryl methyl sites for hydroxylation is 4. The molecular formula is C17H21N3O2S. The van der Waals surface area contributed by atoms with Crippen molar-refractivity contribution in [3.63, 3.8) is 0 Å². The number of thiazole rings is 1. The third-order valence-corrected chi connectivity index (χ3v) is 5.58. The van der Waals surface area contributed by atoms with Crippen molar-refractivity contribution in [2.45, 2.75) is 39.5 Å². The molecule has 0 aromatic carbocycles. The van der Waals surface area contributed by atoms with E-state index in [4.69, 9.17) is 0 Å². The molecule has 2 aromatic rings. The third-order valence-electron chi connectivity index (χ3n) is 4.36. The van der Waals surface area contributed by atoms with E-state index in [0.29, 0.717) is 13.0 Å². The third kappa shape index (κ3) is 3.08. The Morgan fingerprint density at radius 2 is 2.17 bits per heavy atom. The highest BCUT2D eigenvalue weighted by Gasteiger charge is 2.18. The quantitative estimate of drug-likeness (QED) is 0.931. The maximum absolute atomic E-state index is 12.3. The summed E-state index contributed by atoms with van der Waals surface area (Å²) in [6.07, 6.45) is 4.14. The first-order valence-electron chi connectivity index (χ1n) is 7.90. The Morgan fingerprint density at radius 1 is 1.39 bits per heavy atom. The highest BCUT2D eigenvalue weighted by molar-refractivity contribution is 7.11. The van der Waals surface area contributed by atoms with Gasteiger partial charge in [-0.25, -0.2) is 4.98 Å². The summed E-state index contributed by atoms with van der Waals surface area (Å²) in [6, 6.07) is 1.86. The molecule has 5 nitrogen and oxygen atoms in total. The van der Waals surface area contributed by atoms with Crippen molar-refractivity contribution in [1.29, 1.82) is 0 Å². The number of nitrogens with one attached hydrogen (secondary N) is 1. The Morgan fingerprint density at radius 3 is 2.91 bits per heavy atom. The second kappa shape index (κ2) is 6.28. The summed E-state index contributed by atoms with van der Waals surface area (Å²) in [4.78, 5) is 30.6. The smallest absolute Gasteiger partial charge is 0.263 e. The first-order valence-corrected chi connectivity index (χ1v) is 8.72. The molecule has 0 radical (unpaired) electrons. The summed E-state index contributed by atoms with van der Waals surface area (Å²) in [7, 11) is 1.69. The topological polar surface area (TPSA) is 64.0 Å². The molecule has 6 heteroatoms. The van der Waals surface area contributed by atoms with Crippen molar-refractivity contribution in [3.05, 3.63) is 48.8 Å².